The zero-order valence-corrected chi connectivity index (χ0v) is 11.3. The van der Waals surface area contributed by atoms with Gasteiger partial charge in [-0.2, -0.15) is 0 Å². The molecule has 82 valence electrons. The maximum absolute atomic E-state index is 6.07. The smallest absolute Gasteiger partial charge is 0.188 e. The van der Waals surface area contributed by atoms with E-state index >= 15 is 0 Å². The van der Waals surface area contributed by atoms with E-state index in [1.807, 2.05) is 0 Å². The number of rotatable bonds is 4. The molecule has 2 rings (SSSR count). The van der Waals surface area contributed by atoms with Gasteiger partial charge in [-0.05, 0) is 33.1 Å². The molecule has 15 heavy (non-hydrogen) atoms. The summed E-state index contributed by atoms with van der Waals surface area (Å²) in [6.07, 6.45) is 13.1. The average molecular weight is 220 g/mol. The van der Waals surface area contributed by atoms with Crippen LogP contribution in [0.4, 0.5) is 0 Å². The van der Waals surface area contributed by atoms with Gasteiger partial charge in [0.05, 0.1) is 6.10 Å². The van der Waals surface area contributed by atoms with Gasteiger partial charge in [-0.3, -0.25) is 0 Å². The lowest BCUT2D eigenvalue weighted by molar-refractivity contribution is 0.140. The van der Waals surface area contributed by atoms with Crippen molar-refractivity contribution >= 4 is 9.76 Å². The summed E-state index contributed by atoms with van der Waals surface area (Å²) in [7, 11) is -0.480. The number of fused-ring (bicyclic) bond motifs is 2. The molecule has 0 N–H and O–H groups in total. The van der Waals surface area contributed by atoms with Crippen molar-refractivity contribution in [3.63, 3.8) is 0 Å². The third kappa shape index (κ3) is 2.01. The van der Waals surface area contributed by atoms with Crippen LogP contribution in [0.15, 0.2) is 35.6 Å². The van der Waals surface area contributed by atoms with Crippen LogP contribution in [0.5, 0.6) is 0 Å². The van der Waals surface area contributed by atoms with Crippen molar-refractivity contribution in [3.05, 3.63) is 35.6 Å². The molecule has 0 saturated carbocycles. The standard InChI is InChI=1S/C13H20OSi/c1-4-10(2)15-14-11(3)13-7-5-12(9-13)6-8-13/h4-8,11-12H,9,15H2,1-3H3. The Bertz CT molecular complexity index is 313. The summed E-state index contributed by atoms with van der Waals surface area (Å²) in [4.78, 5) is 0. The fourth-order valence-corrected chi connectivity index (χ4v) is 3.33. The molecule has 2 aliphatic carbocycles. The van der Waals surface area contributed by atoms with Crippen LogP contribution in [0, 0.1) is 11.3 Å². The van der Waals surface area contributed by atoms with Crippen LogP contribution in [-0.2, 0) is 4.43 Å². The molecule has 0 aromatic rings. The normalized spacial score (nSPS) is 35.9. The molecule has 0 aromatic carbocycles. The molecule has 2 aliphatic rings. The zero-order chi connectivity index (χ0) is 10.9. The second-order valence-corrected chi connectivity index (χ2v) is 6.52. The third-order valence-corrected chi connectivity index (χ3v) is 5.24. The van der Waals surface area contributed by atoms with Gasteiger partial charge in [0.1, 0.15) is 0 Å². The van der Waals surface area contributed by atoms with Gasteiger partial charge < -0.3 is 4.43 Å². The Morgan fingerprint density at radius 1 is 1.53 bits per heavy atom. The molecular weight excluding hydrogens is 200 g/mol. The maximum Gasteiger partial charge on any atom is 0.188 e. The highest BCUT2D eigenvalue weighted by molar-refractivity contribution is 6.37. The minimum absolute atomic E-state index is 0.228. The lowest BCUT2D eigenvalue weighted by Gasteiger charge is -2.29. The first kappa shape index (κ1) is 10.9. The van der Waals surface area contributed by atoms with Crippen LogP contribution in [0.2, 0.25) is 0 Å². The van der Waals surface area contributed by atoms with Gasteiger partial charge in [-0.15, -0.1) is 0 Å². The van der Waals surface area contributed by atoms with Gasteiger partial charge in [-0.1, -0.05) is 35.6 Å². The van der Waals surface area contributed by atoms with Gasteiger partial charge in [0.2, 0.25) is 0 Å². The largest absolute Gasteiger partial charge is 0.415 e. The molecule has 0 radical (unpaired) electrons. The summed E-state index contributed by atoms with van der Waals surface area (Å²) >= 11 is 0. The van der Waals surface area contributed by atoms with Gasteiger partial charge in [0.25, 0.3) is 0 Å². The first-order valence-electron chi connectivity index (χ1n) is 5.78. The van der Waals surface area contributed by atoms with E-state index in [9.17, 15) is 0 Å². The van der Waals surface area contributed by atoms with Crippen LogP contribution in [0.3, 0.4) is 0 Å². The lowest BCUT2D eigenvalue weighted by Crippen LogP contribution is -2.30. The molecule has 2 bridgehead atoms. The highest BCUT2D eigenvalue weighted by Gasteiger charge is 2.40. The van der Waals surface area contributed by atoms with E-state index in [1.54, 1.807) is 0 Å². The molecule has 0 fully saturated rings. The molecule has 1 unspecified atom stereocenters. The molecule has 0 saturated heterocycles. The van der Waals surface area contributed by atoms with E-state index in [0.717, 1.165) is 0 Å². The van der Waals surface area contributed by atoms with Gasteiger partial charge in [0.15, 0.2) is 9.76 Å². The Kier molecular flexibility index (Phi) is 2.98. The van der Waals surface area contributed by atoms with E-state index < -0.39 is 9.76 Å². The van der Waals surface area contributed by atoms with Crippen LogP contribution in [-0.4, -0.2) is 15.9 Å². The average Bonchev–Trinajstić information content (AvgIpc) is 2.86. The molecule has 1 nitrogen and oxygen atoms in total. The van der Waals surface area contributed by atoms with E-state index in [2.05, 4.69) is 51.2 Å². The van der Waals surface area contributed by atoms with E-state index in [0.29, 0.717) is 12.0 Å². The van der Waals surface area contributed by atoms with Gasteiger partial charge >= 0.3 is 0 Å². The summed E-state index contributed by atoms with van der Waals surface area (Å²) in [5.41, 5.74) is 0.228. The Hall–Kier alpha value is -0.603. The molecule has 0 amide bonds. The summed E-state index contributed by atoms with van der Waals surface area (Å²) in [5, 5.41) is 1.44. The monoisotopic (exact) mass is 220 g/mol. The predicted molar refractivity (Wildman–Crippen MR) is 67.3 cm³/mol. The molecule has 1 atom stereocenters. The SMILES string of the molecule is CC=C(C)[SiH2]OC(C)C12C=CC(C=C1)C2. The molecule has 0 aliphatic heterocycles. The van der Waals surface area contributed by atoms with Crippen LogP contribution < -0.4 is 0 Å². The topological polar surface area (TPSA) is 9.23 Å². The zero-order valence-electron chi connectivity index (χ0n) is 9.86. The second-order valence-electron chi connectivity index (χ2n) is 4.79. The van der Waals surface area contributed by atoms with Crippen LogP contribution >= 0.6 is 0 Å². The Balaban J connectivity index is 1.94. The number of allylic oxidation sites excluding steroid dienone is 4. The Morgan fingerprint density at radius 2 is 2.20 bits per heavy atom. The first-order chi connectivity index (χ1) is 7.16. The Morgan fingerprint density at radius 3 is 2.67 bits per heavy atom. The molecule has 0 spiro atoms. The quantitative estimate of drug-likeness (QED) is 0.522. The van der Waals surface area contributed by atoms with Crippen molar-refractivity contribution in [1.29, 1.82) is 0 Å². The third-order valence-electron chi connectivity index (χ3n) is 3.71. The maximum atomic E-state index is 6.07. The molecular formula is C13H20OSi. The van der Waals surface area contributed by atoms with Gasteiger partial charge in [-0.25, -0.2) is 0 Å². The fourth-order valence-electron chi connectivity index (χ4n) is 2.34. The van der Waals surface area contributed by atoms with Gasteiger partial charge in [0, 0.05) is 5.41 Å². The Labute approximate surface area is 94.8 Å². The molecule has 0 heterocycles. The van der Waals surface area contributed by atoms with Crippen molar-refractivity contribution in [1.82, 2.24) is 0 Å². The van der Waals surface area contributed by atoms with E-state index in [1.165, 1.54) is 11.6 Å². The number of hydrogen-bond acceptors (Lipinski definition) is 1. The minimum atomic E-state index is -0.480. The van der Waals surface area contributed by atoms with E-state index in [4.69, 9.17) is 4.43 Å². The molecule has 0 aromatic heterocycles. The van der Waals surface area contributed by atoms with Crippen molar-refractivity contribution in [2.75, 3.05) is 0 Å². The summed E-state index contributed by atoms with van der Waals surface area (Å²) in [5.74, 6) is 0.681. The lowest BCUT2D eigenvalue weighted by atomic mass is 9.85. The van der Waals surface area contributed by atoms with Crippen molar-refractivity contribution in [2.45, 2.75) is 33.3 Å². The summed E-state index contributed by atoms with van der Waals surface area (Å²) < 4.78 is 6.07. The predicted octanol–water partition coefficient (Wildman–Crippen LogP) is 2.53. The summed E-state index contributed by atoms with van der Waals surface area (Å²) in [6.45, 7) is 6.49. The van der Waals surface area contributed by atoms with Crippen molar-refractivity contribution < 1.29 is 4.43 Å². The highest BCUT2D eigenvalue weighted by Crippen LogP contribution is 2.46. The minimum Gasteiger partial charge on any atom is -0.415 e. The number of hydrogen-bond donors (Lipinski definition) is 0. The first-order valence-corrected chi connectivity index (χ1v) is 7.07. The molecule has 2 heteroatoms. The van der Waals surface area contributed by atoms with Crippen molar-refractivity contribution in [2.24, 2.45) is 11.3 Å². The van der Waals surface area contributed by atoms with Crippen molar-refractivity contribution in [3.8, 4) is 0 Å². The highest BCUT2D eigenvalue weighted by atomic mass is 28.2. The second kappa shape index (κ2) is 4.10. The fraction of sp³-hybridized carbons (Fsp3) is 0.538. The van der Waals surface area contributed by atoms with E-state index in [-0.39, 0.29) is 5.41 Å². The summed E-state index contributed by atoms with van der Waals surface area (Å²) in [6, 6.07) is 0. The van der Waals surface area contributed by atoms with Crippen LogP contribution in [0.25, 0.3) is 0 Å². The van der Waals surface area contributed by atoms with Crippen LogP contribution in [0.1, 0.15) is 27.2 Å².